The fourth-order valence-corrected chi connectivity index (χ4v) is 3.90. The minimum atomic E-state index is -0.376. The number of amides is 1. The molecule has 2 aromatic heterocycles. The number of carbonyl (C=O) groups excluding carboxylic acids is 1. The van der Waals surface area contributed by atoms with E-state index in [9.17, 15) is 4.79 Å². The van der Waals surface area contributed by atoms with E-state index < -0.39 is 0 Å². The van der Waals surface area contributed by atoms with Gasteiger partial charge in [-0.25, -0.2) is 0 Å². The number of pyridine rings is 1. The van der Waals surface area contributed by atoms with E-state index in [1.165, 1.54) is 36.7 Å². The number of nitrogens with zero attached hydrogens (tertiary/aromatic N) is 4. The van der Waals surface area contributed by atoms with E-state index >= 15 is 0 Å². The summed E-state index contributed by atoms with van der Waals surface area (Å²) in [5, 5.41) is 11.0. The van der Waals surface area contributed by atoms with Gasteiger partial charge >= 0.3 is 0 Å². The summed E-state index contributed by atoms with van der Waals surface area (Å²) in [5.41, 5.74) is 2.74. The third kappa shape index (κ3) is 4.95. The first-order chi connectivity index (χ1) is 14.2. The second kappa shape index (κ2) is 9.09. The van der Waals surface area contributed by atoms with Gasteiger partial charge in [-0.05, 0) is 62.6 Å². The summed E-state index contributed by atoms with van der Waals surface area (Å²) in [6.45, 7) is 4.02. The van der Waals surface area contributed by atoms with Crippen LogP contribution in [-0.4, -0.2) is 39.4 Å². The van der Waals surface area contributed by atoms with E-state index in [-0.39, 0.29) is 11.2 Å². The molecule has 3 heterocycles. The third-order valence-corrected chi connectivity index (χ3v) is 5.75. The minimum absolute atomic E-state index is 0.109. The molecule has 7 nitrogen and oxygen atoms in total. The lowest BCUT2D eigenvalue weighted by Crippen LogP contribution is -2.29. The zero-order chi connectivity index (χ0) is 20.1. The number of carbonyl (C=O) groups is 1. The molecule has 1 atom stereocenters. The van der Waals surface area contributed by atoms with Crippen LogP contribution in [0, 0.1) is 0 Å². The van der Waals surface area contributed by atoms with Crippen LogP contribution in [0.25, 0.3) is 11.5 Å². The molecule has 0 aliphatic carbocycles. The van der Waals surface area contributed by atoms with Gasteiger partial charge in [-0.15, -0.1) is 10.2 Å². The largest absolute Gasteiger partial charge is 0.411 e. The maximum atomic E-state index is 12.5. The van der Waals surface area contributed by atoms with Crippen LogP contribution in [0.1, 0.15) is 26.2 Å². The highest BCUT2D eigenvalue weighted by molar-refractivity contribution is 8.00. The van der Waals surface area contributed by atoms with Crippen molar-refractivity contribution in [2.24, 2.45) is 0 Å². The topological polar surface area (TPSA) is 84.1 Å². The number of piperidine rings is 1. The number of aromatic nitrogens is 3. The maximum absolute atomic E-state index is 12.5. The van der Waals surface area contributed by atoms with Crippen LogP contribution in [0.2, 0.25) is 0 Å². The quantitative estimate of drug-likeness (QED) is 0.610. The van der Waals surface area contributed by atoms with E-state index in [4.69, 9.17) is 4.42 Å². The molecule has 1 aliphatic heterocycles. The highest BCUT2D eigenvalue weighted by atomic mass is 32.2. The van der Waals surface area contributed by atoms with Crippen LogP contribution in [0.3, 0.4) is 0 Å². The first kappa shape index (κ1) is 19.4. The zero-order valence-corrected chi connectivity index (χ0v) is 17.1. The summed E-state index contributed by atoms with van der Waals surface area (Å²) < 4.78 is 5.64. The molecule has 4 rings (SSSR count). The summed E-state index contributed by atoms with van der Waals surface area (Å²) in [7, 11) is 0. The standard InChI is InChI=1S/C21H23N5O2S/c1-15(29-21-25-24-20(28-21)16-6-5-11-22-14-16)19(27)23-17-7-9-18(10-8-17)26-12-3-2-4-13-26/h5-11,14-15H,2-4,12-13H2,1H3,(H,23,27)/t15-/m0/s1. The smallest absolute Gasteiger partial charge is 0.277 e. The van der Waals surface area contributed by atoms with Gasteiger partial charge in [0.1, 0.15) is 0 Å². The molecule has 0 unspecified atom stereocenters. The first-order valence-electron chi connectivity index (χ1n) is 9.75. The van der Waals surface area contributed by atoms with Gasteiger partial charge in [-0.3, -0.25) is 9.78 Å². The van der Waals surface area contributed by atoms with E-state index in [1.807, 2.05) is 25.1 Å². The molecule has 1 fully saturated rings. The Morgan fingerprint density at radius 2 is 1.93 bits per heavy atom. The maximum Gasteiger partial charge on any atom is 0.277 e. The Kier molecular flexibility index (Phi) is 6.09. The van der Waals surface area contributed by atoms with Crippen molar-refractivity contribution in [3.8, 4) is 11.5 Å². The van der Waals surface area contributed by atoms with Crippen LogP contribution in [0.5, 0.6) is 0 Å². The summed E-state index contributed by atoms with van der Waals surface area (Å²) >= 11 is 1.23. The normalized spacial score (nSPS) is 15.1. The van der Waals surface area contributed by atoms with Crippen LogP contribution in [0.15, 0.2) is 58.4 Å². The summed E-state index contributed by atoms with van der Waals surface area (Å²) in [6.07, 6.45) is 7.13. The van der Waals surface area contributed by atoms with Crippen LogP contribution in [0.4, 0.5) is 11.4 Å². The number of hydrogen-bond acceptors (Lipinski definition) is 7. The molecule has 1 saturated heterocycles. The van der Waals surface area contributed by atoms with Crippen molar-refractivity contribution in [2.75, 3.05) is 23.3 Å². The molecule has 1 aromatic carbocycles. The van der Waals surface area contributed by atoms with Crippen LogP contribution >= 0.6 is 11.8 Å². The Labute approximate surface area is 173 Å². The molecular weight excluding hydrogens is 386 g/mol. The lowest BCUT2D eigenvalue weighted by atomic mass is 10.1. The Balaban J connectivity index is 1.33. The molecule has 3 aromatic rings. The van der Waals surface area contributed by atoms with Crippen molar-refractivity contribution in [1.29, 1.82) is 0 Å². The van der Waals surface area contributed by atoms with Gasteiger partial charge in [-0.1, -0.05) is 11.8 Å². The molecule has 0 bridgehead atoms. The number of hydrogen-bond donors (Lipinski definition) is 1. The minimum Gasteiger partial charge on any atom is -0.411 e. The molecule has 0 saturated carbocycles. The van der Waals surface area contributed by atoms with E-state index in [0.717, 1.165) is 24.3 Å². The van der Waals surface area contributed by atoms with Crippen LogP contribution < -0.4 is 10.2 Å². The van der Waals surface area contributed by atoms with Crippen LogP contribution in [-0.2, 0) is 4.79 Å². The Bertz CT molecular complexity index is 939. The number of anilines is 2. The fraction of sp³-hybridized carbons (Fsp3) is 0.333. The lowest BCUT2D eigenvalue weighted by Gasteiger charge is -2.28. The number of rotatable bonds is 6. The van der Waals surface area contributed by atoms with Crippen molar-refractivity contribution in [2.45, 2.75) is 36.7 Å². The Morgan fingerprint density at radius 1 is 1.14 bits per heavy atom. The average molecular weight is 410 g/mol. The third-order valence-electron chi connectivity index (χ3n) is 4.82. The van der Waals surface area contributed by atoms with Crippen molar-refractivity contribution < 1.29 is 9.21 Å². The average Bonchev–Trinajstić information content (AvgIpc) is 3.24. The molecule has 0 spiro atoms. The lowest BCUT2D eigenvalue weighted by molar-refractivity contribution is -0.115. The van der Waals surface area contributed by atoms with Gasteiger partial charge in [0, 0.05) is 36.9 Å². The van der Waals surface area contributed by atoms with Gasteiger partial charge in [-0.2, -0.15) is 0 Å². The SMILES string of the molecule is C[C@H](Sc1nnc(-c2cccnc2)o1)C(=O)Nc1ccc(N2CCCCC2)cc1. The van der Waals surface area contributed by atoms with Crippen molar-refractivity contribution in [3.05, 3.63) is 48.8 Å². The first-order valence-corrected chi connectivity index (χ1v) is 10.6. The number of thioether (sulfide) groups is 1. The van der Waals surface area contributed by atoms with Gasteiger partial charge in [0.2, 0.25) is 11.8 Å². The predicted octanol–water partition coefficient (Wildman–Crippen LogP) is 4.24. The van der Waals surface area contributed by atoms with Gasteiger partial charge < -0.3 is 14.6 Å². The molecule has 29 heavy (non-hydrogen) atoms. The molecule has 0 radical (unpaired) electrons. The monoisotopic (exact) mass is 409 g/mol. The van der Waals surface area contributed by atoms with Gasteiger partial charge in [0.25, 0.3) is 5.22 Å². The highest BCUT2D eigenvalue weighted by Gasteiger charge is 2.19. The Hall–Kier alpha value is -2.87. The molecule has 1 N–H and O–H groups in total. The van der Waals surface area contributed by atoms with Crippen molar-refractivity contribution in [1.82, 2.24) is 15.2 Å². The molecular formula is C21H23N5O2S. The summed E-state index contributed by atoms with van der Waals surface area (Å²) in [6, 6.07) is 11.7. The predicted molar refractivity (Wildman–Crippen MR) is 114 cm³/mol. The fourth-order valence-electron chi connectivity index (χ4n) is 3.22. The van der Waals surface area contributed by atoms with Gasteiger partial charge in [0.15, 0.2) is 0 Å². The van der Waals surface area contributed by atoms with E-state index in [2.05, 4.69) is 37.5 Å². The highest BCUT2D eigenvalue weighted by Crippen LogP contribution is 2.27. The van der Waals surface area contributed by atoms with E-state index in [0.29, 0.717) is 11.1 Å². The second-order valence-electron chi connectivity index (χ2n) is 6.96. The van der Waals surface area contributed by atoms with Crippen molar-refractivity contribution >= 4 is 29.0 Å². The molecule has 1 amide bonds. The number of benzene rings is 1. The summed E-state index contributed by atoms with van der Waals surface area (Å²) in [5.74, 6) is 0.281. The number of nitrogens with one attached hydrogen (secondary N) is 1. The van der Waals surface area contributed by atoms with E-state index in [1.54, 1.807) is 18.5 Å². The second-order valence-corrected chi connectivity index (χ2v) is 8.25. The molecule has 8 heteroatoms. The molecule has 1 aliphatic rings. The summed E-state index contributed by atoms with van der Waals surface area (Å²) in [4.78, 5) is 19.0. The van der Waals surface area contributed by atoms with Gasteiger partial charge in [0.05, 0.1) is 10.8 Å². The van der Waals surface area contributed by atoms with Crippen molar-refractivity contribution in [3.63, 3.8) is 0 Å². The molecule has 150 valence electrons. The zero-order valence-electron chi connectivity index (χ0n) is 16.2. The Morgan fingerprint density at radius 3 is 2.66 bits per heavy atom.